The maximum Gasteiger partial charge on any atom is 0.371 e. The number of carboxylic acids is 1. The first-order valence-electron chi connectivity index (χ1n) is 11.1. The smallest absolute Gasteiger partial charge is 0.371 e. The number of imide groups is 1. The molecule has 1 aliphatic rings. The fourth-order valence-corrected chi connectivity index (χ4v) is 4.14. The second-order valence-corrected chi connectivity index (χ2v) is 8.67. The van der Waals surface area contributed by atoms with Gasteiger partial charge in [-0.3, -0.25) is 9.59 Å². The molecule has 0 spiro atoms. The Morgan fingerprint density at radius 1 is 1.05 bits per heavy atom. The number of carbonyl (C=O) groups excluding carboxylic acids is 3. The summed E-state index contributed by atoms with van der Waals surface area (Å²) >= 11 is 5.84. The Hall–Kier alpha value is -4.83. The number of furan rings is 1. The molecular weight excluding hydrogens is 500 g/mol. The van der Waals surface area contributed by atoms with Crippen molar-refractivity contribution >= 4 is 58.1 Å². The van der Waals surface area contributed by atoms with Gasteiger partial charge in [-0.05, 0) is 48.5 Å². The molecule has 0 radical (unpaired) electrons. The number of aromatic nitrogens is 1. The van der Waals surface area contributed by atoms with Crippen LogP contribution in [0.25, 0.3) is 17.0 Å². The highest BCUT2D eigenvalue weighted by atomic mass is 35.5. The van der Waals surface area contributed by atoms with E-state index in [9.17, 15) is 19.2 Å². The normalized spacial score (nSPS) is 14.4. The Morgan fingerprint density at radius 3 is 2.54 bits per heavy atom. The van der Waals surface area contributed by atoms with Crippen LogP contribution >= 0.6 is 11.6 Å². The Morgan fingerprint density at radius 2 is 1.81 bits per heavy atom. The fraction of sp³-hybridized carbons (Fsp3) is 0.0769. The van der Waals surface area contributed by atoms with E-state index < -0.39 is 30.4 Å². The third-order valence-corrected chi connectivity index (χ3v) is 5.96. The Balaban J connectivity index is 1.36. The first-order valence-corrected chi connectivity index (χ1v) is 11.5. The molecule has 10 nitrogen and oxygen atoms in total. The molecular formula is C26H19ClN4O6. The standard InChI is InChI=1S/C26H19ClN4O6/c27-16-5-7-17(8-6-16)28-23(32)14-31-24(33)20(29-26(31)36)11-15-12-30(21-4-2-1-3-19(15)21)13-18-9-10-22(37-18)25(34)35/h1-12H,13-14H2,(H,28,32)(H,29,36)(H,34,35)/b20-11-. The van der Waals surface area contributed by atoms with Crippen LogP contribution in [0.3, 0.4) is 0 Å². The van der Waals surface area contributed by atoms with E-state index in [1.165, 1.54) is 6.07 Å². The van der Waals surface area contributed by atoms with Gasteiger partial charge in [0.25, 0.3) is 5.91 Å². The number of nitrogens with one attached hydrogen (secondary N) is 2. The molecule has 4 aromatic rings. The van der Waals surface area contributed by atoms with Gasteiger partial charge in [0.05, 0.1) is 6.54 Å². The summed E-state index contributed by atoms with van der Waals surface area (Å²) in [7, 11) is 0. The van der Waals surface area contributed by atoms with Crippen molar-refractivity contribution in [2.24, 2.45) is 0 Å². The minimum Gasteiger partial charge on any atom is -0.475 e. The van der Waals surface area contributed by atoms with Crippen LogP contribution in [0.2, 0.25) is 5.02 Å². The molecule has 0 aliphatic carbocycles. The number of amides is 4. The second-order valence-electron chi connectivity index (χ2n) is 8.24. The number of benzene rings is 2. The second kappa shape index (κ2) is 9.67. The van der Waals surface area contributed by atoms with E-state index in [2.05, 4.69) is 10.6 Å². The number of hydrogen-bond donors (Lipinski definition) is 3. The molecule has 1 aliphatic heterocycles. The molecule has 1 saturated heterocycles. The zero-order valence-corrected chi connectivity index (χ0v) is 19.9. The SMILES string of the molecule is O=C(CN1C(=O)N/C(=C\c2cn(Cc3ccc(C(=O)O)o3)c3ccccc23)C1=O)Nc1ccc(Cl)cc1. The summed E-state index contributed by atoms with van der Waals surface area (Å²) in [6, 6.07) is 16.1. The van der Waals surface area contributed by atoms with Gasteiger partial charge in [-0.15, -0.1) is 0 Å². The van der Waals surface area contributed by atoms with Crippen molar-refractivity contribution in [2.45, 2.75) is 6.54 Å². The van der Waals surface area contributed by atoms with Gasteiger partial charge >= 0.3 is 12.0 Å². The van der Waals surface area contributed by atoms with Crippen molar-refractivity contribution in [3.63, 3.8) is 0 Å². The van der Waals surface area contributed by atoms with Crippen LogP contribution in [0.15, 0.2) is 77.0 Å². The van der Waals surface area contributed by atoms with E-state index in [4.69, 9.17) is 21.1 Å². The molecule has 0 saturated carbocycles. The molecule has 0 unspecified atom stereocenters. The van der Waals surface area contributed by atoms with Crippen LogP contribution in [-0.4, -0.2) is 44.9 Å². The molecule has 3 N–H and O–H groups in total. The van der Waals surface area contributed by atoms with Crippen molar-refractivity contribution in [2.75, 3.05) is 11.9 Å². The lowest BCUT2D eigenvalue weighted by molar-refractivity contribution is -0.127. The van der Waals surface area contributed by atoms with E-state index in [0.717, 1.165) is 15.8 Å². The lowest BCUT2D eigenvalue weighted by Crippen LogP contribution is -2.38. The highest BCUT2D eigenvalue weighted by Gasteiger charge is 2.35. The number of nitrogens with zero attached hydrogens (tertiary/aromatic N) is 2. The molecule has 0 bridgehead atoms. The molecule has 11 heteroatoms. The molecule has 37 heavy (non-hydrogen) atoms. The Bertz CT molecular complexity index is 1580. The molecule has 2 aromatic carbocycles. The highest BCUT2D eigenvalue weighted by Crippen LogP contribution is 2.26. The number of halogens is 1. The van der Waals surface area contributed by atoms with Gasteiger partial charge in [-0.25, -0.2) is 14.5 Å². The minimum absolute atomic E-state index is 0.0263. The summed E-state index contributed by atoms with van der Waals surface area (Å²) in [5.74, 6) is -2.04. The van der Waals surface area contributed by atoms with Crippen LogP contribution in [-0.2, 0) is 16.1 Å². The van der Waals surface area contributed by atoms with Crippen LogP contribution in [0.5, 0.6) is 0 Å². The number of carboxylic acid groups (broad SMARTS) is 1. The van der Waals surface area contributed by atoms with Gasteiger partial charge in [0.15, 0.2) is 0 Å². The number of carbonyl (C=O) groups is 4. The van der Waals surface area contributed by atoms with Crippen molar-refractivity contribution in [1.82, 2.24) is 14.8 Å². The van der Waals surface area contributed by atoms with Gasteiger partial charge < -0.3 is 24.7 Å². The van der Waals surface area contributed by atoms with E-state index in [1.54, 1.807) is 42.6 Å². The number of aromatic carboxylic acids is 1. The number of fused-ring (bicyclic) bond motifs is 1. The molecule has 186 valence electrons. The summed E-state index contributed by atoms with van der Waals surface area (Å²) in [4.78, 5) is 49.8. The van der Waals surface area contributed by atoms with E-state index >= 15 is 0 Å². The summed E-state index contributed by atoms with van der Waals surface area (Å²) in [6.45, 7) is -0.203. The average molecular weight is 519 g/mol. The quantitative estimate of drug-likeness (QED) is 0.248. The van der Waals surface area contributed by atoms with Crippen molar-refractivity contribution in [1.29, 1.82) is 0 Å². The fourth-order valence-electron chi connectivity index (χ4n) is 4.01. The van der Waals surface area contributed by atoms with E-state index in [1.807, 2.05) is 28.8 Å². The summed E-state index contributed by atoms with van der Waals surface area (Å²) in [5, 5.41) is 15.6. The monoisotopic (exact) mass is 518 g/mol. The predicted octanol–water partition coefficient (Wildman–Crippen LogP) is 4.17. The maximum absolute atomic E-state index is 13.0. The van der Waals surface area contributed by atoms with E-state index in [0.29, 0.717) is 22.0 Å². The summed E-state index contributed by atoms with van der Waals surface area (Å²) < 4.78 is 7.23. The van der Waals surface area contributed by atoms with E-state index in [-0.39, 0.29) is 18.0 Å². The van der Waals surface area contributed by atoms with Crippen LogP contribution in [0.1, 0.15) is 21.9 Å². The zero-order chi connectivity index (χ0) is 26.1. The number of anilines is 1. The van der Waals surface area contributed by atoms with Crippen LogP contribution < -0.4 is 10.6 Å². The number of para-hydroxylation sites is 1. The number of rotatable bonds is 7. The van der Waals surface area contributed by atoms with Gasteiger partial charge in [-0.1, -0.05) is 29.8 Å². The number of hydrogen-bond acceptors (Lipinski definition) is 5. The third-order valence-electron chi connectivity index (χ3n) is 5.71. The Kier molecular flexibility index (Phi) is 6.24. The molecule has 5 rings (SSSR count). The topological polar surface area (TPSA) is 134 Å². The minimum atomic E-state index is -1.16. The third kappa shape index (κ3) is 4.95. The largest absolute Gasteiger partial charge is 0.475 e. The molecule has 0 atom stereocenters. The predicted molar refractivity (Wildman–Crippen MR) is 135 cm³/mol. The van der Waals surface area contributed by atoms with Crippen molar-refractivity contribution in [3.8, 4) is 0 Å². The molecule has 2 aromatic heterocycles. The number of urea groups is 1. The summed E-state index contributed by atoms with van der Waals surface area (Å²) in [5.41, 5.74) is 1.98. The van der Waals surface area contributed by atoms with Gasteiger partial charge in [0.2, 0.25) is 11.7 Å². The lowest BCUT2D eigenvalue weighted by Gasteiger charge is -2.11. The first-order chi connectivity index (χ1) is 17.8. The van der Waals surface area contributed by atoms with Crippen LogP contribution in [0.4, 0.5) is 10.5 Å². The van der Waals surface area contributed by atoms with Gasteiger partial charge in [-0.2, -0.15) is 0 Å². The van der Waals surface area contributed by atoms with Crippen molar-refractivity contribution in [3.05, 3.63) is 94.7 Å². The average Bonchev–Trinajstić information content (AvgIpc) is 3.55. The highest BCUT2D eigenvalue weighted by molar-refractivity contribution is 6.30. The molecule has 1 fully saturated rings. The Labute approximate surface area is 214 Å². The zero-order valence-electron chi connectivity index (χ0n) is 19.1. The molecule has 3 heterocycles. The van der Waals surface area contributed by atoms with Gasteiger partial charge in [0.1, 0.15) is 18.0 Å². The van der Waals surface area contributed by atoms with Crippen LogP contribution in [0, 0.1) is 0 Å². The maximum atomic E-state index is 13.0. The first kappa shape index (κ1) is 23.9. The van der Waals surface area contributed by atoms with Gasteiger partial charge in [0, 0.05) is 33.4 Å². The lowest BCUT2D eigenvalue weighted by atomic mass is 10.1. The van der Waals surface area contributed by atoms with Crippen molar-refractivity contribution < 1.29 is 28.7 Å². The summed E-state index contributed by atoms with van der Waals surface area (Å²) in [6.07, 6.45) is 3.32. The molecule has 4 amide bonds.